The molecule has 1 saturated carbocycles. The lowest BCUT2D eigenvalue weighted by Gasteiger charge is -2.03. The first kappa shape index (κ1) is 8.86. The first-order chi connectivity index (χ1) is 6.66. The van der Waals surface area contributed by atoms with Crippen molar-refractivity contribution in [2.24, 2.45) is 0 Å². The lowest BCUT2D eigenvalue weighted by atomic mass is 10.4. The molecule has 0 saturated heterocycles. The predicted octanol–water partition coefficient (Wildman–Crippen LogP) is 1.27. The van der Waals surface area contributed by atoms with Gasteiger partial charge in [-0.05, 0) is 19.8 Å². The first-order valence-corrected chi connectivity index (χ1v) is 4.41. The van der Waals surface area contributed by atoms with Gasteiger partial charge in [-0.2, -0.15) is 0 Å². The molecule has 0 atom stereocenters. The molecule has 0 radical (unpaired) electrons. The van der Waals surface area contributed by atoms with Gasteiger partial charge in [0.05, 0.1) is 4.92 Å². The molecule has 6 heteroatoms. The van der Waals surface area contributed by atoms with Crippen LogP contribution in [0.25, 0.3) is 0 Å². The van der Waals surface area contributed by atoms with Crippen LogP contribution in [-0.2, 0) is 0 Å². The van der Waals surface area contributed by atoms with Crippen molar-refractivity contribution in [3.63, 3.8) is 0 Å². The monoisotopic (exact) mass is 194 g/mol. The molecule has 1 aromatic heterocycles. The Labute approximate surface area is 80.5 Å². The minimum Gasteiger partial charge on any atom is -0.362 e. The maximum atomic E-state index is 10.6. The molecule has 6 nitrogen and oxygen atoms in total. The topological polar surface area (TPSA) is 81.0 Å². The van der Waals surface area contributed by atoms with Gasteiger partial charge >= 0.3 is 5.69 Å². The van der Waals surface area contributed by atoms with Gasteiger partial charge in [0.1, 0.15) is 12.0 Å². The van der Waals surface area contributed by atoms with Gasteiger partial charge in [0.25, 0.3) is 0 Å². The van der Waals surface area contributed by atoms with Crippen LogP contribution in [0.4, 0.5) is 11.5 Å². The van der Waals surface area contributed by atoms with Crippen molar-refractivity contribution in [1.29, 1.82) is 0 Å². The number of nitro groups is 1. The fourth-order valence-electron chi connectivity index (χ4n) is 1.12. The summed E-state index contributed by atoms with van der Waals surface area (Å²) in [6, 6.07) is 0.350. The molecule has 1 N–H and O–H groups in total. The summed E-state index contributed by atoms with van der Waals surface area (Å²) in [6.45, 7) is 1.71. The standard InChI is InChI=1S/C8H10N4O2/c1-5-9-4-7(12(13)14)8(10-5)11-6-2-3-6/h4,6H,2-3H2,1H3,(H,9,10,11). The lowest BCUT2D eigenvalue weighted by molar-refractivity contribution is -0.384. The van der Waals surface area contributed by atoms with Gasteiger partial charge in [-0.3, -0.25) is 10.1 Å². The summed E-state index contributed by atoms with van der Waals surface area (Å²) in [7, 11) is 0. The van der Waals surface area contributed by atoms with Crippen molar-refractivity contribution in [2.45, 2.75) is 25.8 Å². The minimum atomic E-state index is -0.468. The van der Waals surface area contributed by atoms with Crippen molar-refractivity contribution < 1.29 is 4.92 Å². The third-order valence-corrected chi connectivity index (χ3v) is 2.00. The van der Waals surface area contributed by atoms with Crippen molar-refractivity contribution >= 4 is 11.5 Å². The van der Waals surface area contributed by atoms with Crippen molar-refractivity contribution in [3.05, 3.63) is 22.1 Å². The number of aromatic nitrogens is 2. The number of nitrogens with zero attached hydrogens (tertiary/aromatic N) is 3. The Morgan fingerprint density at radius 2 is 2.36 bits per heavy atom. The van der Waals surface area contributed by atoms with Crippen molar-refractivity contribution in [2.75, 3.05) is 5.32 Å². The molecule has 1 aromatic rings. The Hall–Kier alpha value is -1.72. The number of nitrogens with one attached hydrogen (secondary N) is 1. The first-order valence-electron chi connectivity index (χ1n) is 4.41. The molecular weight excluding hydrogens is 184 g/mol. The van der Waals surface area contributed by atoms with Gasteiger partial charge in [-0.1, -0.05) is 0 Å². The summed E-state index contributed by atoms with van der Waals surface area (Å²) in [6.07, 6.45) is 3.35. The number of rotatable bonds is 3. The van der Waals surface area contributed by atoms with Gasteiger partial charge in [0.2, 0.25) is 5.82 Å². The van der Waals surface area contributed by atoms with E-state index < -0.39 is 4.92 Å². The Balaban J connectivity index is 2.31. The predicted molar refractivity (Wildman–Crippen MR) is 50.1 cm³/mol. The molecule has 1 aliphatic rings. The van der Waals surface area contributed by atoms with Crippen LogP contribution in [0.2, 0.25) is 0 Å². The zero-order valence-electron chi connectivity index (χ0n) is 7.73. The summed E-state index contributed by atoms with van der Waals surface area (Å²) in [5.74, 6) is 0.878. The van der Waals surface area contributed by atoms with Gasteiger partial charge < -0.3 is 5.32 Å². The van der Waals surface area contributed by atoms with Gasteiger partial charge in [-0.15, -0.1) is 0 Å². The molecule has 1 fully saturated rings. The Bertz CT molecular complexity index is 376. The van der Waals surface area contributed by atoms with E-state index >= 15 is 0 Å². The normalized spacial score (nSPS) is 15.2. The van der Waals surface area contributed by atoms with Gasteiger partial charge in [0.15, 0.2) is 0 Å². The van der Waals surface area contributed by atoms with Gasteiger partial charge in [0, 0.05) is 6.04 Å². The SMILES string of the molecule is Cc1ncc([N+](=O)[O-])c(NC2CC2)n1. The largest absolute Gasteiger partial charge is 0.362 e. The second kappa shape index (κ2) is 3.21. The summed E-state index contributed by atoms with van der Waals surface area (Å²) >= 11 is 0. The number of anilines is 1. The zero-order valence-corrected chi connectivity index (χ0v) is 7.73. The molecule has 0 amide bonds. The molecular formula is C8H10N4O2. The minimum absolute atomic E-state index is 0.0532. The molecule has 1 heterocycles. The number of hydrogen-bond donors (Lipinski definition) is 1. The maximum Gasteiger partial charge on any atom is 0.329 e. The van der Waals surface area contributed by atoms with E-state index in [2.05, 4.69) is 15.3 Å². The van der Waals surface area contributed by atoms with E-state index in [9.17, 15) is 10.1 Å². The van der Waals surface area contributed by atoms with Gasteiger partial charge in [-0.25, -0.2) is 9.97 Å². The molecule has 0 aromatic carbocycles. The molecule has 1 aliphatic carbocycles. The highest BCUT2D eigenvalue weighted by Crippen LogP contribution is 2.28. The van der Waals surface area contributed by atoms with Crippen molar-refractivity contribution in [3.8, 4) is 0 Å². The fraction of sp³-hybridized carbons (Fsp3) is 0.500. The molecule has 14 heavy (non-hydrogen) atoms. The summed E-state index contributed by atoms with van der Waals surface area (Å²) in [4.78, 5) is 18.0. The van der Waals surface area contributed by atoms with Crippen LogP contribution in [-0.4, -0.2) is 20.9 Å². The fourth-order valence-corrected chi connectivity index (χ4v) is 1.12. The molecule has 0 spiro atoms. The third kappa shape index (κ3) is 1.78. The summed E-state index contributed by atoms with van der Waals surface area (Å²) < 4.78 is 0. The summed E-state index contributed by atoms with van der Waals surface area (Å²) in [5, 5.41) is 13.6. The van der Waals surface area contributed by atoms with E-state index in [0.29, 0.717) is 17.7 Å². The molecule has 0 aliphatic heterocycles. The van der Waals surface area contributed by atoms with E-state index in [-0.39, 0.29) is 5.69 Å². The van der Waals surface area contributed by atoms with E-state index in [1.165, 1.54) is 6.20 Å². The highest BCUT2D eigenvalue weighted by molar-refractivity contribution is 5.55. The molecule has 74 valence electrons. The van der Waals surface area contributed by atoms with Crippen LogP contribution < -0.4 is 5.32 Å². The average Bonchev–Trinajstić information content (AvgIpc) is 2.87. The Kier molecular flexibility index (Phi) is 2.03. The van der Waals surface area contributed by atoms with Crippen LogP contribution in [0.3, 0.4) is 0 Å². The highest BCUT2D eigenvalue weighted by Gasteiger charge is 2.25. The quantitative estimate of drug-likeness (QED) is 0.578. The zero-order chi connectivity index (χ0) is 10.1. The Morgan fingerprint density at radius 3 is 2.93 bits per heavy atom. The van der Waals surface area contributed by atoms with Crippen LogP contribution in [0.15, 0.2) is 6.20 Å². The molecule has 0 bridgehead atoms. The maximum absolute atomic E-state index is 10.6. The van der Waals surface area contributed by atoms with E-state index in [1.807, 2.05) is 0 Å². The highest BCUT2D eigenvalue weighted by atomic mass is 16.6. The summed E-state index contributed by atoms with van der Waals surface area (Å²) in [5.41, 5.74) is -0.0532. The Morgan fingerprint density at radius 1 is 1.64 bits per heavy atom. The van der Waals surface area contributed by atoms with Crippen molar-refractivity contribution in [1.82, 2.24) is 9.97 Å². The van der Waals surface area contributed by atoms with E-state index in [4.69, 9.17) is 0 Å². The van der Waals surface area contributed by atoms with E-state index in [1.54, 1.807) is 6.92 Å². The second-order valence-corrected chi connectivity index (χ2v) is 3.33. The van der Waals surface area contributed by atoms with Crippen LogP contribution in [0.5, 0.6) is 0 Å². The van der Waals surface area contributed by atoms with E-state index in [0.717, 1.165) is 12.8 Å². The van der Waals surface area contributed by atoms with Crippen LogP contribution in [0.1, 0.15) is 18.7 Å². The third-order valence-electron chi connectivity index (χ3n) is 2.00. The van der Waals surface area contributed by atoms with Crippen LogP contribution >= 0.6 is 0 Å². The lowest BCUT2D eigenvalue weighted by Crippen LogP contribution is -2.07. The average molecular weight is 194 g/mol. The molecule has 0 unspecified atom stereocenters. The number of aryl methyl sites for hydroxylation is 1. The molecule has 2 rings (SSSR count). The second-order valence-electron chi connectivity index (χ2n) is 3.33. The van der Waals surface area contributed by atoms with Crippen LogP contribution in [0, 0.1) is 17.0 Å². The number of hydrogen-bond acceptors (Lipinski definition) is 5. The smallest absolute Gasteiger partial charge is 0.329 e.